The van der Waals surface area contributed by atoms with Gasteiger partial charge in [-0.05, 0) is 60.6 Å². The molecule has 3 aliphatic rings. The van der Waals surface area contributed by atoms with Crippen molar-refractivity contribution in [2.45, 2.75) is 25.8 Å². The number of nitrogens with two attached hydrogens (primary N) is 1. The summed E-state index contributed by atoms with van der Waals surface area (Å²) in [5.41, 5.74) is 6.49. The zero-order valence-electron chi connectivity index (χ0n) is 11.3. The summed E-state index contributed by atoms with van der Waals surface area (Å²) in [6, 6.07) is 4.77. The first-order chi connectivity index (χ1) is 9.69. The second kappa shape index (κ2) is 4.29. The molecule has 106 valence electrons. The van der Waals surface area contributed by atoms with Gasteiger partial charge in [0.25, 0.3) is 0 Å². The molecule has 1 aromatic carbocycles. The number of hydrogen-bond acceptors (Lipinski definition) is 2. The lowest BCUT2D eigenvalue weighted by Crippen LogP contribution is -2.19. The van der Waals surface area contributed by atoms with Crippen molar-refractivity contribution < 1.29 is 9.18 Å². The number of hydrogen-bond donors (Lipinski definition) is 2. The summed E-state index contributed by atoms with van der Waals surface area (Å²) in [4.78, 5) is 12.3. The summed E-state index contributed by atoms with van der Waals surface area (Å²) >= 11 is 0. The third-order valence-electron chi connectivity index (χ3n) is 5.57. The molecular formula is C16H19FN2O. The summed E-state index contributed by atoms with van der Waals surface area (Å²) in [6.45, 7) is 0.307. The van der Waals surface area contributed by atoms with Crippen LogP contribution in [-0.2, 0) is 11.3 Å². The number of anilines is 1. The van der Waals surface area contributed by atoms with Gasteiger partial charge in [-0.25, -0.2) is 4.39 Å². The van der Waals surface area contributed by atoms with Crippen LogP contribution < -0.4 is 11.1 Å². The van der Waals surface area contributed by atoms with Crippen LogP contribution in [0.1, 0.15) is 24.8 Å². The van der Waals surface area contributed by atoms with Gasteiger partial charge in [0.1, 0.15) is 5.82 Å². The van der Waals surface area contributed by atoms with Crippen molar-refractivity contribution in [1.82, 2.24) is 0 Å². The Bertz CT molecular complexity index is 558. The Morgan fingerprint density at radius 3 is 2.60 bits per heavy atom. The third-order valence-corrected chi connectivity index (χ3v) is 5.57. The minimum absolute atomic E-state index is 0.0102. The zero-order valence-corrected chi connectivity index (χ0v) is 11.3. The maximum Gasteiger partial charge on any atom is 0.228 e. The molecule has 20 heavy (non-hydrogen) atoms. The lowest BCUT2D eigenvalue weighted by Gasteiger charge is -2.10. The molecule has 3 nitrogen and oxygen atoms in total. The Labute approximate surface area is 117 Å². The minimum Gasteiger partial charge on any atom is -0.326 e. The van der Waals surface area contributed by atoms with Crippen molar-refractivity contribution in [2.24, 2.45) is 35.3 Å². The Kier molecular flexibility index (Phi) is 2.64. The van der Waals surface area contributed by atoms with Gasteiger partial charge in [0.05, 0.1) is 5.69 Å². The first kappa shape index (κ1) is 12.3. The molecule has 0 radical (unpaired) electrons. The number of carbonyl (C=O) groups is 1. The van der Waals surface area contributed by atoms with Gasteiger partial charge in [0.15, 0.2) is 0 Å². The molecule has 3 fully saturated rings. The molecule has 3 aliphatic carbocycles. The topological polar surface area (TPSA) is 55.1 Å². The highest BCUT2D eigenvalue weighted by molar-refractivity contribution is 5.95. The van der Waals surface area contributed by atoms with Crippen molar-refractivity contribution in [2.75, 3.05) is 5.32 Å². The summed E-state index contributed by atoms with van der Waals surface area (Å²) in [5, 5.41) is 2.77. The van der Waals surface area contributed by atoms with E-state index in [2.05, 4.69) is 5.32 Å². The predicted molar refractivity (Wildman–Crippen MR) is 74.2 cm³/mol. The lowest BCUT2D eigenvalue weighted by molar-refractivity contribution is -0.118. The number of rotatable bonds is 3. The van der Waals surface area contributed by atoms with Gasteiger partial charge in [0.2, 0.25) is 5.91 Å². The Balaban J connectivity index is 1.46. The van der Waals surface area contributed by atoms with Crippen LogP contribution in [0.15, 0.2) is 18.2 Å². The molecule has 1 aromatic rings. The number of benzene rings is 1. The molecule has 4 atom stereocenters. The molecule has 3 N–H and O–H groups in total. The van der Waals surface area contributed by atoms with Gasteiger partial charge in [-0.2, -0.15) is 0 Å². The van der Waals surface area contributed by atoms with E-state index in [0.717, 1.165) is 17.4 Å². The highest BCUT2D eigenvalue weighted by atomic mass is 19.1. The van der Waals surface area contributed by atoms with E-state index < -0.39 is 5.82 Å². The van der Waals surface area contributed by atoms with Crippen LogP contribution >= 0.6 is 0 Å². The fraction of sp³-hybridized carbons (Fsp3) is 0.562. The second-order valence-corrected chi connectivity index (χ2v) is 6.52. The van der Waals surface area contributed by atoms with Crippen LogP contribution in [0.5, 0.6) is 0 Å². The average Bonchev–Trinajstić information content (AvgIpc) is 2.90. The SMILES string of the molecule is NCc1ccc(NC(=O)C2C3C4CCC(C4)C23)c(F)c1. The molecule has 4 heteroatoms. The Morgan fingerprint density at radius 2 is 2.00 bits per heavy atom. The molecule has 4 unspecified atom stereocenters. The molecule has 0 aliphatic heterocycles. The Hall–Kier alpha value is -1.42. The van der Waals surface area contributed by atoms with Crippen molar-refractivity contribution in [3.63, 3.8) is 0 Å². The molecule has 3 saturated carbocycles. The Morgan fingerprint density at radius 1 is 1.30 bits per heavy atom. The molecule has 2 bridgehead atoms. The highest BCUT2D eigenvalue weighted by Crippen LogP contribution is 2.69. The standard InChI is InChI=1S/C16H19FN2O/c17-11-5-8(7-18)1-4-12(11)19-16(20)15-13-9-2-3-10(6-9)14(13)15/h1,4-5,9-10,13-15H,2-3,6-7,18H2,(H,19,20). The fourth-order valence-corrected chi connectivity index (χ4v) is 4.68. The van der Waals surface area contributed by atoms with Gasteiger partial charge in [-0.1, -0.05) is 6.07 Å². The van der Waals surface area contributed by atoms with Crippen molar-refractivity contribution in [1.29, 1.82) is 0 Å². The van der Waals surface area contributed by atoms with Crippen LogP contribution in [0.25, 0.3) is 0 Å². The van der Waals surface area contributed by atoms with E-state index in [4.69, 9.17) is 5.73 Å². The maximum absolute atomic E-state index is 13.9. The smallest absolute Gasteiger partial charge is 0.228 e. The van der Waals surface area contributed by atoms with Gasteiger partial charge >= 0.3 is 0 Å². The average molecular weight is 274 g/mol. The number of carbonyl (C=O) groups excluding carboxylic acids is 1. The number of fused-ring (bicyclic) bond motifs is 5. The minimum atomic E-state index is -0.393. The first-order valence-corrected chi connectivity index (χ1v) is 7.48. The van der Waals surface area contributed by atoms with Crippen LogP contribution in [0.4, 0.5) is 10.1 Å². The zero-order chi connectivity index (χ0) is 13.9. The number of nitrogens with one attached hydrogen (secondary N) is 1. The van der Waals surface area contributed by atoms with Crippen molar-refractivity contribution in [3.8, 4) is 0 Å². The second-order valence-electron chi connectivity index (χ2n) is 6.52. The normalized spacial score (nSPS) is 36.8. The third kappa shape index (κ3) is 1.71. The van der Waals surface area contributed by atoms with Crippen molar-refractivity contribution in [3.05, 3.63) is 29.6 Å². The quantitative estimate of drug-likeness (QED) is 0.890. The summed E-state index contributed by atoms with van der Waals surface area (Å²) in [7, 11) is 0. The molecule has 0 spiro atoms. The van der Waals surface area contributed by atoms with E-state index >= 15 is 0 Å². The summed E-state index contributed by atoms with van der Waals surface area (Å²) in [6.07, 6.45) is 3.89. The lowest BCUT2D eigenvalue weighted by atomic mass is 10.0. The van der Waals surface area contributed by atoms with Gasteiger partial charge in [0, 0.05) is 12.5 Å². The summed E-state index contributed by atoms with van der Waals surface area (Å²) in [5.74, 6) is 2.43. The van der Waals surface area contributed by atoms with E-state index in [0.29, 0.717) is 18.4 Å². The maximum atomic E-state index is 13.9. The largest absolute Gasteiger partial charge is 0.326 e. The monoisotopic (exact) mass is 274 g/mol. The van der Waals surface area contributed by atoms with Gasteiger partial charge in [-0.15, -0.1) is 0 Å². The van der Waals surface area contributed by atoms with E-state index in [1.165, 1.54) is 25.3 Å². The molecular weight excluding hydrogens is 255 g/mol. The van der Waals surface area contributed by atoms with Crippen LogP contribution in [0.3, 0.4) is 0 Å². The molecule has 0 heterocycles. The molecule has 0 aromatic heterocycles. The first-order valence-electron chi connectivity index (χ1n) is 7.48. The fourth-order valence-electron chi connectivity index (χ4n) is 4.68. The highest BCUT2D eigenvalue weighted by Gasteiger charge is 2.67. The van der Waals surface area contributed by atoms with Crippen LogP contribution in [0, 0.1) is 35.4 Å². The molecule has 1 amide bonds. The van der Waals surface area contributed by atoms with Crippen LogP contribution in [-0.4, -0.2) is 5.91 Å². The van der Waals surface area contributed by atoms with E-state index in [-0.39, 0.29) is 17.5 Å². The summed E-state index contributed by atoms with van der Waals surface area (Å²) < 4.78 is 13.9. The van der Waals surface area contributed by atoms with E-state index in [1.54, 1.807) is 12.1 Å². The number of halogens is 1. The van der Waals surface area contributed by atoms with E-state index in [1.807, 2.05) is 0 Å². The van der Waals surface area contributed by atoms with Crippen LogP contribution in [0.2, 0.25) is 0 Å². The number of amides is 1. The predicted octanol–water partition coefficient (Wildman–Crippen LogP) is 2.52. The van der Waals surface area contributed by atoms with Gasteiger partial charge in [-0.3, -0.25) is 4.79 Å². The molecule has 0 saturated heterocycles. The van der Waals surface area contributed by atoms with Gasteiger partial charge < -0.3 is 11.1 Å². The molecule has 4 rings (SSSR count). The van der Waals surface area contributed by atoms with E-state index in [9.17, 15) is 9.18 Å². The van der Waals surface area contributed by atoms with Crippen molar-refractivity contribution >= 4 is 11.6 Å².